The molecular formula is C20H20FN7O. The van der Waals surface area contributed by atoms with E-state index in [-0.39, 0.29) is 0 Å². The maximum Gasteiger partial charge on any atom is 0.157 e. The van der Waals surface area contributed by atoms with Crippen molar-refractivity contribution < 1.29 is 9.13 Å². The van der Waals surface area contributed by atoms with Gasteiger partial charge in [-0.25, -0.2) is 18.9 Å². The monoisotopic (exact) mass is 393 g/mol. The number of hydrogen-bond donors (Lipinski definition) is 2. The van der Waals surface area contributed by atoms with Crippen LogP contribution in [0.25, 0.3) is 17.0 Å². The second kappa shape index (κ2) is 6.97. The number of ether oxygens (including phenoxy) is 1. The Hall–Kier alpha value is -3.25. The Bertz CT molecular complexity index is 1120. The van der Waals surface area contributed by atoms with Crippen LogP contribution in [-0.2, 0) is 0 Å². The van der Waals surface area contributed by atoms with Gasteiger partial charge in [0.2, 0.25) is 0 Å². The molecule has 0 aromatic carbocycles. The molecule has 2 fully saturated rings. The van der Waals surface area contributed by atoms with Gasteiger partial charge in [0.15, 0.2) is 5.65 Å². The fourth-order valence-electron chi connectivity index (χ4n) is 3.66. The molecule has 8 nitrogen and oxygen atoms in total. The highest BCUT2D eigenvalue weighted by molar-refractivity contribution is 5.65. The number of hydrogen-bond acceptors (Lipinski definition) is 7. The summed E-state index contributed by atoms with van der Waals surface area (Å²) in [5, 5.41) is 20.3. The van der Waals surface area contributed by atoms with Gasteiger partial charge in [0.05, 0.1) is 30.6 Å². The molecule has 4 heterocycles. The maximum atomic E-state index is 14.0. The number of fused-ring (bicyclic) bond motifs is 1. The third-order valence-corrected chi connectivity index (χ3v) is 5.41. The first-order valence-electron chi connectivity index (χ1n) is 9.63. The summed E-state index contributed by atoms with van der Waals surface area (Å²) in [6, 6.07) is 7.02. The summed E-state index contributed by atoms with van der Waals surface area (Å²) in [7, 11) is 1.64. The molecule has 0 bridgehead atoms. The first kappa shape index (κ1) is 17.8. The van der Waals surface area contributed by atoms with Crippen molar-refractivity contribution in [3.63, 3.8) is 0 Å². The molecule has 1 saturated heterocycles. The van der Waals surface area contributed by atoms with Gasteiger partial charge < -0.3 is 15.4 Å². The molecule has 0 amide bonds. The average Bonchev–Trinajstić information content (AvgIpc) is 3.39. The largest absolute Gasteiger partial charge is 0.495 e. The number of anilines is 1. The molecule has 1 aliphatic carbocycles. The van der Waals surface area contributed by atoms with Crippen LogP contribution in [0.5, 0.6) is 5.75 Å². The normalized spacial score (nSPS) is 21.3. The van der Waals surface area contributed by atoms with Gasteiger partial charge in [-0.2, -0.15) is 10.4 Å². The summed E-state index contributed by atoms with van der Waals surface area (Å²) in [6.07, 6.45) is 2.87. The number of rotatable bonds is 5. The molecule has 2 aliphatic rings. The van der Waals surface area contributed by atoms with Crippen molar-refractivity contribution in [2.45, 2.75) is 31.0 Å². The highest BCUT2D eigenvalue weighted by Gasteiger charge is 2.30. The van der Waals surface area contributed by atoms with E-state index in [2.05, 4.69) is 26.7 Å². The summed E-state index contributed by atoms with van der Waals surface area (Å²) < 4.78 is 21.3. The zero-order chi connectivity index (χ0) is 20.0. The molecule has 5 rings (SSSR count). The van der Waals surface area contributed by atoms with Gasteiger partial charge in [-0.3, -0.25) is 0 Å². The number of nitriles is 1. The summed E-state index contributed by atoms with van der Waals surface area (Å²) in [5.41, 5.74) is 3.27. The van der Waals surface area contributed by atoms with Crippen molar-refractivity contribution in [1.82, 2.24) is 24.9 Å². The lowest BCUT2D eigenvalue weighted by molar-refractivity contribution is 0.342. The van der Waals surface area contributed by atoms with Crippen molar-refractivity contribution in [3.8, 4) is 23.2 Å². The molecule has 3 aromatic heterocycles. The quantitative estimate of drug-likeness (QED) is 0.686. The van der Waals surface area contributed by atoms with Gasteiger partial charge in [-0.05, 0) is 25.0 Å². The molecule has 0 radical (unpaired) electrons. The van der Waals surface area contributed by atoms with Crippen molar-refractivity contribution in [3.05, 3.63) is 35.7 Å². The Morgan fingerprint density at radius 2 is 2.21 bits per heavy atom. The van der Waals surface area contributed by atoms with E-state index >= 15 is 0 Å². The van der Waals surface area contributed by atoms with Gasteiger partial charge >= 0.3 is 0 Å². The Kier molecular flexibility index (Phi) is 4.28. The minimum absolute atomic E-state index is 0.294. The maximum absolute atomic E-state index is 14.0. The van der Waals surface area contributed by atoms with Gasteiger partial charge in [0, 0.05) is 25.1 Å². The average molecular weight is 393 g/mol. The first-order chi connectivity index (χ1) is 14.2. The number of nitrogens with zero attached hydrogens (tertiary/aromatic N) is 5. The van der Waals surface area contributed by atoms with E-state index < -0.39 is 12.2 Å². The minimum Gasteiger partial charge on any atom is -0.495 e. The lowest BCUT2D eigenvalue weighted by Gasteiger charge is -2.16. The number of imidazole rings is 1. The lowest BCUT2D eigenvalue weighted by Crippen LogP contribution is -2.30. The van der Waals surface area contributed by atoms with E-state index in [4.69, 9.17) is 9.84 Å². The van der Waals surface area contributed by atoms with Crippen LogP contribution >= 0.6 is 0 Å². The number of aromatic nitrogens is 4. The SMILES string of the molecule is COc1cc2ncc(-c3ccc(C#N)c(N[C@H]4CNC[C@@H]4F)n3)n2nc1C1CC1. The van der Waals surface area contributed by atoms with E-state index in [1.807, 2.05) is 6.07 Å². The van der Waals surface area contributed by atoms with Crippen LogP contribution in [0.4, 0.5) is 10.2 Å². The van der Waals surface area contributed by atoms with E-state index in [1.54, 1.807) is 30.0 Å². The highest BCUT2D eigenvalue weighted by Crippen LogP contribution is 2.43. The Morgan fingerprint density at radius 3 is 2.90 bits per heavy atom. The van der Waals surface area contributed by atoms with Gasteiger partial charge in [0.25, 0.3) is 0 Å². The summed E-state index contributed by atoms with van der Waals surface area (Å²) in [5.74, 6) is 1.52. The highest BCUT2D eigenvalue weighted by atomic mass is 19.1. The molecule has 2 N–H and O–H groups in total. The minimum atomic E-state index is -1.03. The fourth-order valence-corrected chi connectivity index (χ4v) is 3.66. The number of methoxy groups -OCH3 is 1. The molecule has 3 aromatic rings. The third kappa shape index (κ3) is 3.15. The molecule has 0 spiro atoms. The van der Waals surface area contributed by atoms with Crippen molar-refractivity contribution in [1.29, 1.82) is 5.26 Å². The number of halogens is 1. The van der Waals surface area contributed by atoms with Crippen LogP contribution in [-0.4, -0.2) is 52.0 Å². The summed E-state index contributed by atoms with van der Waals surface area (Å²) >= 11 is 0. The Balaban J connectivity index is 1.57. The van der Waals surface area contributed by atoms with Crippen LogP contribution in [0.3, 0.4) is 0 Å². The topological polar surface area (TPSA) is 100 Å². The predicted molar refractivity (Wildman–Crippen MR) is 105 cm³/mol. The summed E-state index contributed by atoms with van der Waals surface area (Å²) in [6.45, 7) is 0.780. The second-order valence-corrected chi connectivity index (χ2v) is 7.42. The van der Waals surface area contributed by atoms with Crippen LogP contribution in [0.15, 0.2) is 24.4 Å². The number of nitrogens with one attached hydrogen (secondary N) is 2. The summed E-state index contributed by atoms with van der Waals surface area (Å²) in [4.78, 5) is 9.04. The molecular weight excluding hydrogens is 373 g/mol. The van der Waals surface area contributed by atoms with Crippen LogP contribution in [0.1, 0.15) is 30.0 Å². The van der Waals surface area contributed by atoms with E-state index in [1.165, 1.54) is 0 Å². The smallest absolute Gasteiger partial charge is 0.157 e. The van der Waals surface area contributed by atoms with Gasteiger partial charge in [0.1, 0.15) is 35.2 Å². The Labute approximate surface area is 166 Å². The molecule has 0 unspecified atom stereocenters. The van der Waals surface area contributed by atoms with E-state index in [9.17, 15) is 9.65 Å². The van der Waals surface area contributed by atoms with E-state index in [0.29, 0.717) is 47.4 Å². The van der Waals surface area contributed by atoms with Crippen LogP contribution < -0.4 is 15.4 Å². The van der Waals surface area contributed by atoms with Crippen molar-refractivity contribution in [2.75, 3.05) is 25.5 Å². The molecule has 1 saturated carbocycles. The zero-order valence-electron chi connectivity index (χ0n) is 15.9. The fraction of sp³-hybridized carbons (Fsp3) is 0.400. The molecule has 148 valence electrons. The zero-order valence-corrected chi connectivity index (χ0v) is 15.9. The predicted octanol–water partition coefficient (Wildman–Crippen LogP) is 2.27. The van der Waals surface area contributed by atoms with Gasteiger partial charge in [-0.15, -0.1) is 0 Å². The molecule has 29 heavy (non-hydrogen) atoms. The van der Waals surface area contributed by atoms with Crippen molar-refractivity contribution >= 4 is 11.5 Å². The first-order valence-corrected chi connectivity index (χ1v) is 9.63. The molecule has 1 aliphatic heterocycles. The van der Waals surface area contributed by atoms with Crippen molar-refractivity contribution in [2.24, 2.45) is 0 Å². The molecule has 9 heteroatoms. The lowest BCUT2D eigenvalue weighted by atomic mass is 10.2. The van der Waals surface area contributed by atoms with E-state index in [0.717, 1.165) is 24.3 Å². The number of alkyl halides is 1. The Morgan fingerprint density at radius 1 is 1.34 bits per heavy atom. The second-order valence-electron chi connectivity index (χ2n) is 7.42. The van der Waals surface area contributed by atoms with Crippen LogP contribution in [0.2, 0.25) is 0 Å². The van der Waals surface area contributed by atoms with Crippen LogP contribution in [0, 0.1) is 11.3 Å². The standard InChI is InChI=1S/C20H20FN7O/c1-29-17-6-18-24-10-16(28(18)27-19(17)11-2-3-11)14-5-4-12(7-22)20(25-14)26-15-9-23-8-13(15)21/h4-6,10-11,13,15,23H,2-3,8-9H2,1H3,(H,25,26)/t13-,15-/m0/s1. The molecule has 2 atom stereocenters. The van der Waals surface area contributed by atoms with Gasteiger partial charge in [-0.1, -0.05) is 0 Å². The number of pyridine rings is 1. The third-order valence-electron chi connectivity index (χ3n) is 5.41.